The number of carbonyl (C=O) groups excluding carboxylic acids is 1. The minimum atomic E-state index is -3.73. The number of esters is 1. The first kappa shape index (κ1) is 17.9. The second kappa shape index (κ2) is 6.46. The van der Waals surface area contributed by atoms with Crippen molar-refractivity contribution >= 4 is 21.6 Å². The van der Waals surface area contributed by atoms with Gasteiger partial charge < -0.3 is 4.74 Å². The molecule has 0 bridgehead atoms. The van der Waals surface area contributed by atoms with Crippen LogP contribution in [0.25, 0.3) is 5.57 Å². The minimum absolute atomic E-state index is 0.146. The van der Waals surface area contributed by atoms with Gasteiger partial charge in [-0.1, -0.05) is 48.0 Å². The van der Waals surface area contributed by atoms with Gasteiger partial charge >= 0.3 is 5.97 Å². The Morgan fingerprint density at radius 1 is 1.00 bits per heavy atom. The number of hydrogen-bond acceptors (Lipinski definition) is 4. The molecule has 0 spiro atoms. The van der Waals surface area contributed by atoms with E-state index >= 15 is 0 Å². The highest BCUT2D eigenvalue weighted by atomic mass is 32.2. The molecule has 1 atom stereocenters. The standard InChI is InChI=1S/C23H19NO4S/c1-15-7-9-18(10-8-15)29(26,27)24-12-11-19-20(24)13-17-14-28-23(25)22(17)21(19)16-5-3-2-4-6-16/h2-12,17H,13-14H2,1H3. The molecule has 0 amide bonds. The van der Waals surface area contributed by atoms with Gasteiger partial charge in [-0.05, 0) is 37.1 Å². The van der Waals surface area contributed by atoms with Crippen molar-refractivity contribution in [2.75, 3.05) is 6.61 Å². The first-order chi connectivity index (χ1) is 14.0. The van der Waals surface area contributed by atoms with E-state index in [4.69, 9.17) is 4.74 Å². The molecular formula is C23H19NO4S. The van der Waals surface area contributed by atoms with Crippen LogP contribution in [0.2, 0.25) is 0 Å². The molecule has 29 heavy (non-hydrogen) atoms. The lowest BCUT2D eigenvalue weighted by Gasteiger charge is -2.23. The molecule has 2 heterocycles. The van der Waals surface area contributed by atoms with E-state index in [9.17, 15) is 13.2 Å². The predicted molar refractivity (Wildman–Crippen MR) is 109 cm³/mol. The highest BCUT2D eigenvalue weighted by Crippen LogP contribution is 2.43. The first-order valence-electron chi connectivity index (χ1n) is 9.46. The number of cyclic esters (lactones) is 1. The van der Waals surface area contributed by atoms with Crippen LogP contribution in [-0.4, -0.2) is 25.0 Å². The molecule has 5 rings (SSSR count). The zero-order chi connectivity index (χ0) is 20.2. The van der Waals surface area contributed by atoms with E-state index in [0.29, 0.717) is 17.7 Å². The molecule has 2 aliphatic rings. The largest absolute Gasteiger partial charge is 0.462 e. The maximum absolute atomic E-state index is 13.3. The maximum atomic E-state index is 13.3. The number of rotatable bonds is 3. The third-order valence-corrected chi connectivity index (χ3v) is 7.34. The summed E-state index contributed by atoms with van der Waals surface area (Å²) in [6.07, 6.45) is 2.04. The van der Waals surface area contributed by atoms with Crippen molar-refractivity contribution in [2.24, 2.45) is 5.92 Å². The van der Waals surface area contributed by atoms with Crippen LogP contribution < -0.4 is 0 Å². The molecule has 1 saturated heterocycles. The minimum Gasteiger partial charge on any atom is -0.462 e. The number of aryl methyl sites for hydroxylation is 1. The summed E-state index contributed by atoms with van der Waals surface area (Å²) in [5.41, 5.74) is 4.77. The summed E-state index contributed by atoms with van der Waals surface area (Å²) in [6, 6.07) is 18.2. The Morgan fingerprint density at radius 2 is 1.72 bits per heavy atom. The van der Waals surface area contributed by atoms with Crippen molar-refractivity contribution in [1.82, 2.24) is 3.97 Å². The van der Waals surface area contributed by atoms with E-state index in [0.717, 1.165) is 22.3 Å². The highest BCUT2D eigenvalue weighted by Gasteiger charge is 2.40. The molecule has 6 heteroatoms. The Morgan fingerprint density at radius 3 is 2.45 bits per heavy atom. The molecule has 1 fully saturated rings. The lowest BCUT2D eigenvalue weighted by atomic mass is 9.80. The summed E-state index contributed by atoms with van der Waals surface area (Å²) in [4.78, 5) is 12.7. The molecule has 1 unspecified atom stereocenters. The zero-order valence-corrected chi connectivity index (χ0v) is 16.6. The van der Waals surface area contributed by atoms with Crippen molar-refractivity contribution < 1.29 is 17.9 Å². The van der Waals surface area contributed by atoms with Crippen molar-refractivity contribution in [3.8, 4) is 0 Å². The van der Waals surface area contributed by atoms with Gasteiger partial charge in [0.05, 0.1) is 17.1 Å². The lowest BCUT2D eigenvalue weighted by molar-refractivity contribution is -0.135. The van der Waals surface area contributed by atoms with Gasteiger partial charge in [0.15, 0.2) is 0 Å². The third kappa shape index (κ3) is 2.75. The van der Waals surface area contributed by atoms with Crippen molar-refractivity contribution in [2.45, 2.75) is 18.2 Å². The second-order valence-electron chi connectivity index (χ2n) is 7.44. The molecule has 1 aromatic heterocycles. The van der Waals surface area contributed by atoms with Crippen LogP contribution >= 0.6 is 0 Å². The molecule has 0 radical (unpaired) electrons. The van der Waals surface area contributed by atoms with Crippen molar-refractivity contribution in [3.05, 3.63) is 94.8 Å². The molecule has 1 aliphatic heterocycles. The van der Waals surface area contributed by atoms with Gasteiger partial charge in [-0.3, -0.25) is 0 Å². The number of ether oxygens (including phenoxy) is 1. The van der Waals surface area contributed by atoms with Crippen LogP contribution in [0.15, 0.2) is 77.3 Å². The maximum Gasteiger partial charge on any atom is 0.335 e. The molecule has 0 N–H and O–H groups in total. The van der Waals surface area contributed by atoms with Crippen molar-refractivity contribution in [3.63, 3.8) is 0 Å². The molecule has 5 nitrogen and oxygen atoms in total. The second-order valence-corrected chi connectivity index (χ2v) is 9.26. The van der Waals surface area contributed by atoms with Gasteiger partial charge in [0.1, 0.15) is 0 Å². The summed E-state index contributed by atoms with van der Waals surface area (Å²) in [6.45, 7) is 2.20. The molecule has 3 aromatic rings. The summed E-state index contributed by atoms with van der Waals surface area (Å²) in [5, 5.41) is 0. The third-order valence-electron chi connectivity index (χ3n) is 5.62. The average Bonchev–Trinajstić information content (AvgIpc) is 3.31. The average molecular weight is 405 g/mol. The van der Waals surface area contributed by atoms with Crippen LogP contribution in [0.3, 0.4) is 0 Å². The fourth-order valence-corrected chi connectivity index (χ4v) is 5.58. The highest BCUT2D eigenvalue weighted by molar-refractivity contribution is 7.90. The Kier molecular flexibility index (Phi) is 3.99. The van der Waals surface area contributed by atoms with E-state index in [-0.39, 0.29) is 23.4 Å². The van der Waals surface area contributed by atoms with Crippen LogP contribution in [0.5, 0.6) is 0 Å². The van der Waals surface area contributed by atoms with Crippen molar-refractivity contribution in [1.29, 1.82) is 0 Å². The van der Waals surface area contributed by atoms with Crippen LogP contribution in [-0.2, 0) is 26.0 Å². The molecule has 1 aliphatic carbocycles. The fourth-order valence-electron chi connectivity index (χ4n) is 4.19. The predicted octanol–water partition coefficient (Wildman–Crippen LogP) is 3.56. The van der Waals surface area contributed by atoms with Crippen LogP contribution in [0.1, 0.15) is 22.4 Å². The quantitative estimate of drug-likeness (QED) is 0.625. The van der Waals surface area contributed by atoms with E-state index in [1.807, 2.05) is 37.3 Å². The smallest absolute Gasteiger partial charge is 0.335 e. The van der Waals surface area contributed by atoms with Gasteiger partial charge in [0, 0.05) is 28.9 Å². The van der Waals surface area contributed by atoms with Crippen LogP contribution in [0, 0.1) is 12.8 Å². The van der Waals surface area contributed by atoms with Gasteiger partial charge in [-0.25, -0.2) is 17.2 Å². The van der Waals surface area contributed by atoms with E-state index in [1.54, 1.807) is 36.5 Å². The Bertz CT molecular complexity index is 1250. The van der Waals surface area contributed by atoms with Gasteiger partial charge in [-0.15, -0.1) is 0 Å². The number of fused-ring (bicyclic) bond motifs is 2. The molecule has 146 valence electrons. The van der Waals surface area contributed by atoms with E-state index in [1.165, 1.54) is 3.97 Å². The zero-order valence-electron chi connectivity index (χ0n) is 15.8. The summed E-state index contributed by atoms with van der Waals surface area (Å²) in [5.74, 6) is -0.458. The number of hydrogen-bond donors (Lipinski definition) is 0. The number of nitrogens with zero attached hydrogens (tertiary/aromatic N) is 1. The summed E-state index contributed by atoms with van der Waals surface area (Å²) < 4.78 is 33.3. The fraction of sp³-hybridized carbons (Fsp3) is 0.174. The summed E-state index contributed by atoms with van der Waals surface area (Å²) in [7, 11) is -3.73. The van der Waals surface area contributed by atoms with Gasteiger partial charge in [-0.2, -0.15) is 0 Å². The monoisotopic (exact) mass is 405 g/mol. The number of carbonyl (C=O) groups is 1. The number of benzene rings is 2. The lowest BCUT2D eigenvalue weighted by Crippen LogP contribution is -2.22. The van der Waals surface area contributed by atoms with E-state index in [2.05, 4.69) is 0 Å². The Labute approximate surface area is 169 Å². The summed E-state index contributed by atoms with van der Waals surface area (Å²) >= 11 is 0. The van der Waals surface area contributed by atoms with Gasteiger partial charge in [0.2, 0.25) is 0 Å². The SMILES string of the molecule is Cc1ccc(S(=O)(=O)n2ccc3c2CC2COC(=O)C2=C3c2ccccc2)cc1. The molecule has 0 saturated carbocycles. The topological polar surface area (TPSA) is 65.4 Å². The van der Waals surface area contributed by atoms with E-state index < -0.39 is 10.0 Å². The molecule has 2 aromatic carbocycles. The van der Waals surface area contributed by atoms with Gasteiger partial charge in [0.25, 0.3) is 10.0 Å². The number of aromatic nitrogens is 1. The Hall–Kier alpha value is -3.12. The Balaban J connectivity index is 1.72. The first-order valence-corrected chi connectivity index (χ1v) is 10.9. The van der Waals surface area contributed by atoms with Crippen LogP contribution in [0.4, 0.5) is 0 Å². The normalized spacial score (nSPS) is 18.4. The molecular weight excluding hydrogens is 386 g/mol.